The lowest BCUT2D eigenvalue weighted by molar-refractivity contribution is 1.29. The second-order valence-electron chi connectivity index (χ2n) is 5.75. The topological polar surface area (TPSA) is 104 Å². The van der Waals surface area contributed by atoms with Crippen molar-refractivity contribution in [3.8, 4) is 33.9 Å². The van der Waals surface area contributed by atoms with Crippen LogP contribution >= 0.6 is 0 Å². The SMILES string of the molecule is N=Cc1cc(-c2nc(-c3ccccc3)[nH]c2-c2ccncc2)cnc1N. The zero-order valence-corrected chi connectivity index (χ0v) is 13.8. The van der Waals surface area contributed by atoms with Crippen LogP contribution in [0.5, 0.6) is 0 Å². The number of hydrogen-bond donors (Lipinski definition) is 3. The summed E-state index contributed by atoms with van der Waals surface area (Å²) in [6.45, 7) is 0. The summed E-state index contributed by atoms with van der Waals surface area (Å²) >= 11 is 0. The van der Waals surface area contributed by atoms with Crippen LogP contribution in [0.25, 0.3) is 33.9 Å². The number of rotatable bonds is 4. The second-order valence-corrected chi connectivity index (χ2v) is 5.75. The Morgan fingerprint density at radius 3 is 2.46 bits per heavy atom. The third-order valence-corrected chi connectivity index (χ3v) is 4.10. The van der Waals surface area contributed by atoms with Crippen molar-refractivity contribution in [3.05, 3.63) is 72.7 Å². The van der Waals surface area contributed by atoms with E-state index in [0.717, 1.165) is 33.9 Å². The molecule has 0 amide bonds. The van der Waals surface area contributed by atoms with E-state index in [1.807, 2.05) is 48.5 Å². The first kappa shape index (κ1) is 15.7. The Kier molecular flexibility index (Phi) is 3.99. The highest BCUT2D eigenvalue weighted by atomic mass is 14.9. The zero-order chi connectivity index (χ0) is 17.9. The van der Waals surface area contributed by atoms with Gasteiger partial charge in [0.25, 0.3) is 0 Å². The molecule has 0 unspecified atom stereocenters. The number of nitrogen functional groups attached to an aromatic ring is 1. The molecule has 126 valence electrons. The van der Waals surface area contributed by atoms with Gasteiger partial charge in [-0.25, -0.2) is 9.97 Å². The molecule has 0 atom stereocenters. The molecule has 0 saturated heterocycles. The molecule has 0 saturated carbocycles. The van der Waals surface area contributed by atoms with Gasteiger partial charge >= 0.3 is 0 Å². The van der Waals surface area contributed by atoms with Crippen LogP contribution in [0.1, 0.15) is 5.56 Å². The van der Waals surface area contributed by atoms with Crippen LogP contribution in [0.4, 0.5) is 5.82 Å². The molecule has 0 aliphatic heterocycles. The number of hydrogen-bond acceptors (Lipinski definition) is 5. The van der Waals surface area contributed by atoms with Crippen LogP contribution in [-0.4, -0.2) is 26.2 Å². The third-order valence-electron chi connectivity index (χ3n) is 4.10. The molecule has 4 N–H and O–H groups in total. The Hall–Kier alpha value is -3.80. The summed E-state index contributed by atoms with van der Waals surface area (Å²) in [5.41, 5.74) is 10.8. The molecule has 6 nitrogen and oxygen atoms in total. The van der Waals surface area contributed by atoms with Crippen molar-refractivity contribution in [2.75, 3.05) is 5.73 Å². The van der Waals surface area contributed by atoms with Gasteiger partial charge in [-0.15, -0.1) is 0 Å². The van der Waals surface area contributed by atoms with Crippen LogP contribution in [0.15, 0.2) is 67.1 Å². The van der Waals surface area contributed by atoms with Crippen molar-refractivity contribution in [2.24, 2.45) is 0 Å². The normalized spacial score (nSPS) is 10.6. The summed E-state index contributed by atoms with van der Waals surface area (Å²) in [6.07, 6.45) is 6.36. The number of aromatic nitrogens is 4. The molecule has 3 heterocycles. The van der Waals surface area contributed by atoms with Gasteiger partial charge in [0.05, 0.1) is 11.4 Å². The van der Waals surface area contributed by atoms with Crippen molar-refractivity contribution >= 4 is 12.0 Å². The molecule has 4 aromatic rings. The van der Waals surface area contributed by atoms with E-state index in [2.05, 4.69) is 15.0 Å². The van der Waals surface area contributed by atoms with Crippen molar-refractivity contribution in [1.29, 1.82) is 5.41 Å². The fraction of sp³-hybridized carbons (Fsp3) is 0. The maximum absolute atomic E-state index is 7.52. The molecular weight excluding hydrogens is 324 g/mol. The van der Waals surface area contributed by atoms with Gasteiger partial charge in [0.15, 0.2) is 0 Å². The molecule has 0 aliphatic carbocycles. The van der Waals surface area contributed by atoms with E-state index in [4.69, 9.17) is 16.1 Å². The van der Waals surface area contributed by atoms with Crippen LogP contribution in [0.3, 0.4) is 0 Å². The molecule has 1 aromatic carbocycles. The lowest BCUT2D eigenvalue weighted by Crippen LogP contribution is -1.97. The summed E-state index contributed by atoms with van der Waals surface area (Å²) in [5.74, 6) is 1.09. The predicted molar refractivity (Wildman–Crippen MR) is 103 cm³/mol. The first-order valence-corrected chi connectivity index (χ1v) is 8.08. The minimum atomic E-state index is 0.327. The summed E-state index contributed by atoms with van der Waals surface area (Å²) in [4.78, 5) is 16.5. The molecular formula is C20H16N6. The molecule has 0 spiro atoms. The van der Waals surface area contributed by atoms with Gasteiger partial charge in [-0.3, -0.25) is 4.98 Å². The average molecular weight is 340 g/mol. The summed E-state index contributed by atoms with van der Waals surface area (Å²) in [7, 11) is 0. The number of H-pyrrole nitrogens is 1. The number of nitrogens with one attached hydrogen (secondary N) is 2. The molecule has 0 radical (unpaired) electrons. The molecule has 6 heteroatoms. The smallest absolute Gasteiger partial charge is 0.138 e. The van der Waals surface area contributed by atoms with Crippen molar-refractivity contribution in [2.45, 2.75) is 0 Å². The van der Waals surface area contributed by atoms with E-state index in [1.165, 1.54) is 6.21 Å². The molecule has 0 aliphatic rings. The minimum Gasteiger partial charge on any atom is -0.383 e. The van der Waals surface area contributed by atoms with Crippen molar-refractivity contribution in [1.82, 2.24) is 19.9 Å². The monoisotopic (exact) mass is 340 g/mol. The summed E-state index contributed by atoms with van der Waals surface area (Å²) < 4.78 is 0. The maximum atomic E-state index is 7.52. The highest BCUT2D eigenvalue weighted by Crippen LogP contribution is 2.33. The molecule has 4 rings (SSSR count). The van der Waals surface area contributed by atoms with Gasteiger partial charge in [-0.1, -0.05) is 30.3 Å². The largest absolute Gasteiger partial charge is 0.383 e. The molecule has 0 bridgehead atoms. The van der Waals surface area contributed by atoms with Crippen LogP contribution < -0.4 is 5.73 Å². The Morgan fingerprint density at radius 1 is 0.962 bits per heavy atom. The number of pyridine rings is 2. The van der Waals surface area contributed by atoms with Crippen LogP contribution in [0.2, 0.25) is 0 Å². The standard InChI is InChI=1S/C20H16N6/c21-11-15-10-16(12-24-19(15)22)18-17(13-6-8-23-9-7-13)25-20(26-18)14-4-2-1-3-5-14/h1-12,21H,(H2,22,24)(H,25,26). The second kappa shape index (κ2) is 6.60. The fourth-order valence-corrected chi connectivity index (χ4v) is 2.78. The number of benzene rings is 1. The lowest BCUT2D eigenvalue weighted by atomic mass is 10.1. The van der Waals surface area contributed by atoms with Crippen LogP contribution in [-0.2, 0) is 0 Å². The Bertz CT molecular complexity index is 1050. The van der Waals surface area contributed by atoms with E-state index in [9.17, 15) is 0 Å². The zero-order valence-electron chi connectivity index (χ0n) is 13.8. The number of anilines is 1. The first-order valence-electron chi connectivity index (χ1n) is 8.08. The predicted octanol–water partition coefficient (Wildman–Crippen LogP) is 3.78. The van der Waals surface area contributed by atoms with E-state index < -0.39 is 0 Å². The van der Waals surface area contributed by atoms with E-state index in [0.29, 0.717) is 11.4 Å². The van der Waals surface area contributed by atoms with Crippen LogP contribution in [0, 0.1) is 5.41 Å². The highest BCUT2D eigenvalue weighted by Gasteiger charge is 2.16. The number of nitrogens with zero attached hydrogens (tertiary/aromatic N) is 3. The molecule has 26 heavy (non-hydrogen) atoms. The van der Waals surface area contributed by atoms with E-state index >= 15 is 0 Å². The van der Waals surface area contributed by atoms with Crippen molar-refractivity contribution < 1.29 is 0 Å². The lowest BCUT2D eigenvalue weighted by Gasteiger charge is -2.05. The molecule has 0 fully saturated rings. The Morgan fingerprint density at radius 2 is 1.73 bits per heavy atom. The number of imidazole rings is 1. The number of nitrogens with two attached hydrogens (primary N) is 1. The van der Waals surface area contributed by atoms with Gasteiger partial charge in [0.2, 0.25) is 0 Å². The fourth-order valence-electron chi connectivity index (χ4n) is 2.78. The molecule has 3 aromatic heterocycles. The third kappa shape index (κ3) is 2.84. The Labute approximate surface area is 150 Å². The van der Waals surface area contributed by atoms with E-state index in [1.54, 1.807) is 18.6 Å². The number of aromatic amines is 1. The van der Waals surface area contributed by atoms with Gasteiger partial charge in [-0.05, 0) is 18.2 Å². The summed E-state index contributed by atoms with van der Waals surface area (Å²) in [6, 6.07) is 15.6. The quantitative estimate of drug-likeness (QED) is 0.492. The minimum absolute atomic E-state index is 0.327. The Balaban J connectivity index is 1.93. The van der Waals surface area contributed by atoms with Gasteiger partial charge < -0.3 is 16.1 Å². The van der Waals surface area contributed by atoms with Gasteiger partial charge in [0, 0.05) is 47.1 Å². The summed E-state index contributed by atoms with van der Waals surface area (Å²) in [5, 5.41) is 7.52. The first-order chi connectivity index (χ1) is 12.8. The maximum Gasteiger partial charge on any atom is 0.138 e. The highest BCUT2D eigenvalue weighted by molar-refractivity contribution is 5.88. The van der Waals surface area contributed by atoms with Gasteiger partial charge in [0.1, 0.15) is 11.6 Å². The van der Waals surface area contributed by atoms with E-state index in [-0.39, 0.29) is 0 Å². The van der Waals surface area contributed by atoms with Gasteiger partial charge in [-0.2, -0.15) is 0 Å². The average Bonchev–Trinajstić information content (AvgIpc) is 3.15. The van der Waals surface area contributed by atoms with Crippen molar-refractivity contribution in [3.63, 3.8) is 0 Å².